The van der Waals surface area contributed by atoms with E-state index in [2.05, 4.69) is 0 Å². The number of nitrogens with zero attached hydrogens (tertiary/aromatic N) is 1. The number of methoxy groups -OCH3 is 2. The maximum absolute atomic E-state index is 12.8. The maximum atomic E-state index is 12.8. The molecule has 154 valence electrons. The number of Topliss-reactive ketones (excluding diaryl/α,β-unsaturated/α-hetero) is 1. The Hall–Kier alpha value is -3.92. The Bertz CT molecular complexity index is 1100. The van der Waals surface area contributed by atoms with Gasteiger partial charge in [-0.05, 0) is 66.2 Å². The van der Waals surface area contributed by atoms with Gasteiger partial charge < -0.3 is 9.47 Å². The minimum absolute atomic E-state index is 0.0770. The summed E-state index contributed by atoms with van der Waals surface area (Å²) in [6.07, 6.45) is 0.304. The second-order valence-corrected chi connectivity index (χ2v) is 7.17. The summed E-state index contributed by atoms with van der Waals surface area (Å²) in [5.74, 6) is 1.65. The average molecular weight is 409 g/mol. The molecular formula is C27H23NO3. The molecule has 31 heavy (non-hydrogen) atoms. The molecule has 0 unspecified atom stereocenters. The number of hydrogen-bond donors (Lipinski definition) is 0. The fourth-order valence-corrected chi connectivity index (χ4v) is 3.42. The summed E-state index contributed by atoms with van der Waals surface area (Å²) in [6.45, 7) is 0. The molecule has 0 aliphatic rings. The van der Waals surface area contributed by atoms with E-state index in [1.165, 1.54) is 0 Å². The van der Waals surface area contributed by atoms with E-state index in [0.29, 0.717) is 12.0 Å². The minimum Gasteiger partial charge on any atom is -0.497 e. The maximum Gasteiger partial charge on any atom is 0.167 e. The zero-order valence-electron chi connectivity index (χ0n) is 17.5. The molecular weight excluding hydrogens is 386 g/mol. The zero-order valence-corrected chi connectivity index (χ0v) is 17.5. The summed E-state index contributed by atoms with van der Waals surface area (Å²) in [4.78, 5) is 17.7. The van der Waals surface area contributed by atoms with E-state index in [0.717, 1.165) is 39.6 Å². The van der Waals surface area contributed by atoms with E-state index >= 15 is 0 Å². The Kier molecular flexibility index (Phi) is 6.08. The van der Waals surface area contributed by atoms with Gasteiger partial charge >= 0.3 is 0 Å². The second-order valence-electron chi connectivity index (χ2n) is 7.17. The molecule has 0 radical (unpaired) electrons. The molecule has 0 aliphatic heterocycles. The number of pyridine rings is 1. The van der Waals surface area contributed by atoms with Crippen molar-refractivity contribution in [2.45, 2.75) is 6.42 Å². The van der Waals surface area contributed by atoms with Gasteiger partial charge in [-0.1, -0.05) is 30.3 Å². The molecule has 0 spiro atoms. The van der Waals surface area contributed by atoms with E-state index < -0.39 is 0 Å². The Morgan fingerprint density at radius 1 is 0.710 bits per heavy atom. The smallest absolute Gasteiger partial charge is 0.167 e. The van der Waals surface area contributed by atoms with Crippen LogP contribution in [0.25, 0.3) is 22.5 Å². The third-order valence-electron chi connectivity index (χ3n) is 5.12. The van der Waals surface area contributed by atoms with Gasteiger partial charge in [-0.25, -0.2) is 4.98 Å². The Morgan fingerprint density at radius 3 is 1.65 bits per heavy atom. The summed E-state index contributed by atoms with van der Waals surface area (Å²) >= 11 is 0. The van der Waals surface area contributed by atoms with Gasteiger partial charge in [-0.15, -0.1) is 0 Å². The first kappa shape index (κ1) is 20.4. The van der Waals surface area contributed by atoms with E-state index in [4.69, 9.17) is 14.5 Å². The molecule has 0 bridgehead atoms. The van der Waals surface area contributed by atoms with Gasteiger partial charge in [0.15, 0.2) is 5.78 Å². The Labute approximate surface area is 182 Å². The van der Waals surface area contributed by atoms with E-state index in [-0.39, 0.29) is 5.78 Å². The fourth-order valence-electron chi connectivity index (χ4n) is 3.42. The monoisotopic (exact) mass is 409 g/mol. The molecule has 0 atom stereocenters. The van der Waals surface area contributed by atoms with Gasteiger partial charge in [0.1, 0.15) is 11.5 Å². The van der Waals surface area contributed by atoms with Crippen molar-refractivity contribution >= 4 is 5.78 Å². The lowest BCUT2D eigenvalue weighted by molar-refractivity contribution is 0.0993. The van der Waals surface area contributed by atoms with Gasteiger partial charge in [0, 0.05) is 23.1 Å². The van der Waals surface area contributed by atoms with Crippen molar-refractivity contribution in [1.82, 2.24) is 4.98 Å². The molecule has 4 heteroatoms. The highest BCUT2D eigenvalue weighted by molar-refractivity contribution is 5.97. The Morgan fingerprint density at radius 2 is 1.19 bits per heavy atom. The minimum atomic E-state index is 0.0770. The lowest BCUT2D eigenvalue weighted by Crippen LogP contribution is -2.04. The average Bonchev–Trinajstić information content (AvgIpc) is 2.84. The summed E-state index contributed by atoms with van der Waals surface area (Å²) in [5, 5.41) is 0. The van der Waals surface area contributed by atoms with Crippen LogP contribution in [-0.2, 0) is 6.42 Å². The number of carbonyl (C=O) groups is 1. The van der Waals surface area contributed by atoms with E-state index in [1.807, 2.05) is 91.0 Å². The van der Waals surface area contributed by atoms with Gasteiger partial charge in [-0.2, -0.15) is 0 Å². The zero-order chi connectivity index (χ0) is 21.6. The van der Waals surface area contributed by atoms with E-state index in [1.54, 1.807) is 14.2 Å². The largest absolute Gasteiger partial charge is 0.497 e. The number of rotatable bonds is 7. The first-order chi connectivity index (χ1) is 15.2. The van der Waals surface area contributed by atoms with Crippen molar-refractivity contribution in [3.8, 4) is 34.0 Å². The molecule has 0 saturated heterocycles. The fraction of sp³-hybridized carbons (Fsp3) is 0.111. The van der Waals surface area contributed by atoms with Crippen LogP contribution in [0.1, 0.15) is 15.9 Å². The number of aromatic nitrogens is 1. The molecule has 0 saturated carbocycles. The van der Waals surface area contributed by atoms with Crippen molar-refractivity contribution in [3.05, 3.63) is 102 Å². The van der Waals surface area contributed by atoms with Crippen LogP contribution in [0.3, 0.4) is 0 Å². The lowest BCUT2D eigenvalue weighted by Gasteiger charge is -2.11. The van der Waals surface area contributed by atoms with Crippen LogP contribution in [0.2, 0.25) is 0 Å². The van der Waals surface area contributed by atoms with Crippen molar-refractivity contribution < 1.29 is 14.3 Å². The van der Waals surface area contributed by atoms with Crippen LogP contribution in [-0.4, -0.2) is 25.0 Å². The third-order valence-corrected chi connectivity index (χ3v) is 5.12. The molecule has 4 nitrogen and oxygen atoms in total. The first-order valence-corrected chi connectivity index (χ1v) is 10.0. The molecule has 4 aromatic rings. The SMILES string of the molecule is COc1ccc(-c2cc(CC(=O)c3ccccc3)cc(-c3ccc(OC)cc3)n2)cc1. The molecule has 4 rings (SSSR count). The standard InChI is InChI=1S/C27H23NO3/c1-30-23-12-8-20(9-13-23)25-16-19(18-27(29)22-6-4-3-5-7-22)17-26(28-25)21-10-14-24(31-2)15-11-21/h3-17H,18H2,1-2H3. The topological polar surface area (TPSA) is 48.4 Å². The molecule has 0 aliphatic carbocycles. The van der Waals surface area contributed by atoms with Crippen molar-refractivity contribution in [3.63, 3.8) is 0 Å². The molecule has 1 aromatic heterocycles. The van der Waals surface area contributed by atoms with Crippen LogP contribution in [0.4, 0.5) is 0 Å². The number of hydrogen-bond acceptors (Lipinski definition) is 4. The summed E-state index contributed by atoms with van der Waals surface area (Å²) in [5.41, 5.74) is 5.17. The first-order valence-electron chi connectivity index (χ1n) is 10.0. The van der Waals surface area contributed by atoms with Crippen LogP contribution >= 0.6 is 0 Å². The van der Waals surface area contributed by atoms with Gasteiger partial charge in [0.25, 0.3) is 0 Å². The molecule has 0 N–H and O–H groups in total. The lowest BCUT2D eigenvalue weighted by atomic mass is 9.99. The highest BCUT2D eigenvalue weighted by Gasteiger charge is 2.12. The number of benzene rings is 3. The third kappa shape index (κ3) is 4.81. The van der Waals surface area contributed by atoms with E-state index in [9.17, 15) is 4.79 Å². The molecule has 0 fully saturated rings. The van der Waals surface area contributed by atoms with Gasteiger partial charge in [0.05, 0.1) is 25.6 Å². The summed E-state index contributed by atoms with van der Waals surface area (Å²) in [6, 6.07) is 28.9. The Balaban J connectivity index is 1.74. The highest BCUT2D eigenvalue weighted by atomic mass is 16.5. The van der Waals surface area contributed by atoms with Gasteiger partial charge in [0.2, 0.25) is 0 Å². The quantitative estimate of drug-likeness (QED) is 0.359. The number of carbonyl (C=O) groups excluding carboxylic acids is 1. The van der Waals surface area contributed by atoms with Crippen LogP contribution in [0.15, 0.2) is 91.0 Å². The summed E-state index contributed by atoms with van der Waals surface area (Å²) in [7, 11) is 3.29. The van der Waals surface area contributed by atoms with Gasteiger partial charge in [-0.3, -0.25) is 4.79 Å². The van der Waals surface area contributed by atoms with Crippen LogP contribution in [0.5, 0.6) is 11.5 Å². The van der Waals surface area contributed by atoms with Crippen LogP contribution in [0, 0.1) is 0 Å². The highest BCUT2D eigenvalue weighted by Crippen LogP contribution is 2.28. The van der Waals surface area contributed by atoms with Crippen molar-refractivity contribution in [2.24, 2.45) is 0 Å². The van der Waals surface area contributed by atoms with Crippen molar-refractivity contribution in [2.75, 3.05) is 14.2 Å². The van der Waals surface area contributed by atoms with Crippen LogP contribution < -0.4 is 9.47 Å². The summed E-state index contributed by atoms with van der Waals surface area (Å²) < 4.78 is 10.5. The normalized spacial score (nSPS) is 10.5. The predicted octanol–water partition coefficient (Wildman–Crippen LogP) is 5.86. The molecule has 3 aromatic carbocycles. The predicted molar refractivity (Wildman–Crippen MR) is 123 cm³/mol. The molecule has 0 amide bonds. The number of ether oxygens (including phenoxy) is 2. The number of ketones is 1. The molecule has 1 heterocycles. The second kappa shape index (κ2) is 9.26. The van der Waals surface area contributed by atoms with Crippen molar-refractivity contribution in [1.29, 1.82) is 0 Å².